The van der Waals surface area contributed by atoms with Crippen LogP contribution < -0.4 is 18.1 Å². The maximum atomic E-state index is 9.27. The molecule has 0 bridgehead atoms. The first-order valence-corrected chi connectivity index (χ1v) is 3.37. The van der Waals surface area contributed by atoms with Crippen LogP contribution in [0.2, 0.25) is 0 Å². The molecule has 0 aromatic heterocycles. The highest BCUT2D eigenvalue weighted by Crippen LogP contribution is 2.08. The lowest BCUT2D eigenvalue weighted by Gasteiger charge is -2.03. The number of halogens is 1. The number of aliphatic hydroxyl groups is 1. The van der Waals surface area contributed by atoms with Crippen molar-refractivity contribution in [1.29, 1.82) is 0 Å². The Hall–Kier alpha value is -0.570. The van der Waals surface area contributed by atoms with E-state index in [1.165, 1.54) is 0 Å². The van der Waals surface area contributed by atoms with Gasteiger partial charge in [-0.05, 0) is 5.56 Å². The Morgan fingerprint density at radius 1 is 1.27 bits per heavy atom. The van der Waals surface area contributed by atoms with E-state index < -0.39 is 6.10 Å². The van der Waals surface area contributed by atoms with E-state index in [4.69, 9.17) is 0 Å². The number of benzene rings is 1. The minimum atomic E-state index is -0.402. The van der Waals surface area contributed by atoms with Crippen molar-refractivity contribution in [2.45, 2.75) is 6.10 Å². The number of hydrogen-bond donors (Lipinski definition) is 2. The fourth-order valence-corrected chi connectivity index (χ4v) is 0.842. The number of rotatable bonds is 2. The lowest BCUT2D eigenvalue weighted by molar-refractivity contribution is -0.385. The molecule has 0 heterocycles. The Bertz CT molecular complexity index is 191. The van der Waals surface area contributed by atoms with E-state index in [0.717, 1.165) is 5.56 Å². The lowest BCUT2D eigenvalue weighted by Crippen LogP contribution is -3.00. The minimum absolute atomic E-state index is 0. The minimum Gasteiger partial charge on any atom is -1.00 e. The molecule has 1 aromatic rings. The molecular weight excluding hydrogens is 162 g/mol. The predicted molar refractivity (Wildman–Crippen MR) is 39.2 cm³/mol. The molecule has 0 aliphatic carbocycles. The summed E-state index contributed by atoms with van der Waals surface area (Å²) >= 11 is 0. The van der Waals surface area contributed by atoms with Gasteiger partial charge in [0.1, 0.15) is 12.6 Å². The summed E-state index contributed by atoms with van der Waals surface area (Å²) < 4.78 is 0. The third kappa shape index (κ3) is 2.89. The zero-order valence-corrected chi connectivity index (χ0v) is 6.96. The average Bonchev–Trinajstić information content (AvgIpc) is 2.05. The molecule has 0 saturated heterocycles. The number of quaternary nitrogens is 1. The summed E-state index contributed by atoms with van der Waals surface area (Å²) in [6, 6.07) is 9.55. The fourth-order valence-electron chi connectivity index (χ4n) is 0.842. The van der Waals surface area contributed by atoms with Crippen molar-refractivity contribution in [2.75, 3.05) is 6.54 Å². The Morgan fingerprint density at radius 3 is 2.27 bits per heavy atom. The van der Waals surface area contributed by atoms with Crippen LogP contribution in [0.15, 0.2) is 30.3 Å². The van der Waals surface area contributed by atoms with Gasteiger partial charge in [0.05, 0.1) is 0 Å². The highest BCUT2D eigenvalue weighted by Gasteiger charge is 2.03. The quantitative estimate of drug-likeness (QED) is 0.491. The van der Waals surface area contributed by atoms with Crippen molar-refractivity contribution in [3.8, 4) is 0 Å². The van der Waals surface area contributed by atoms with Crippen molar-refractivity contribution in [3.05, 3.63) is 35.9 Å². The van der Waals surface area contributed by atoms with Crippen LogP contribution in [0.25, 0.3) is 0 Å². The molecule has 1 rings (SSSR count). The number of aliphatic hydroxyl groups excluding tert-OH is 1. The first-order valence-electron chi connectivity index (χ1n) is 3.37. The fraction of sp³-hybridized carbons (Fsp3) is 0.250. The summed E-state index contributed by atoms with van der Waals surface area (Å²) in [4.78, 5) is 0. The highest BCUT2D eigenvalue weighted by molar-refractivity contribution is 5.16. The van der Waals surface area contributed by atoms with Crippen molar-refractivity contribution < 1.29 is 23.2 Å². The SMILES string of the molecule is [Cl-].[NH3+]CC(O)c1ccccc1. The zero-order chi connectivity index (χ0) is 7.40. The maximum Gasteiger partial charge on any atom is 0.128 e. The molecule has 0 radical (unpaired) electrons. The van der Waals surface area contributed by atoms with Crippen molar-refractivity contribution in [2.24, 2.45) is 0 Å². The lowest BCUT2D eigenvalue weighted by atomic mass is 10.1. The molecule has 4 N–H and O–H groups in total. The van der Waals surface area contributed by atoms with E-state index in [2.05, 4.69) is 5.73 Å². The molecule has 3 heteroatoms. The van der Waals surface area contributed by atoms with Crippen LogP contribution in [0.4, 0.5) is 0 Å². The molecule has 62 valence electrons. The van der Waals surface area contributed by atoms with E-state index in [1.807, 2.05) is 30.3 Å². The molecular formula is C8H12ClNO. The summed E-state index contributed by atoms with van der Waals surface area (Å²) in [7, 11) is 0. The average molecular weight is 174 g/mol. The molecule has 2 nitrogen and oxygen atoms in total. The Labute approximate surface area is 72.4 Å². The number of hydrogen-bond acceptors (Lipinski definition) is 1. The van der Waals surface area contributed by atoms with Crippen LogP contribution in [0, 0.1) is 0 Å². The van der Waals surface area contributed by atoms with E-state index in [0.29, 0.717) is 6.54 Å². The summed E-state index contributed by atoms with van der Waals surface area (Å²) in [6.45, 7) is 0.532. The summed E-state index contributed by atoms with van der Waals surface area (Å²) in [5, 5.41) is 9.27. The van der Waals surface area contributed by atoms with Crippen LogP contribution >= 0.6 is 0 Å². The van der Waals surface area contributed by atoms with Crippen molar-refractivity contribution in [3.63, 3.8) is 0 Å². The van der Waals surface area contributed by atoms with E-state index >= 15 is 0 Å². The topological polar surface area (TPSA) is 47.9 Å². The second kappa shape index (κ2) is 5.13. The third-order valence-corrected chi connectivity index (χ3v) is 1.46. The smallest absolute Gasteiger partial charge is 0.128 e. The summed E-state index contributed by atoms with van der Waals surface area (Å²) in [6.07, 6.45) is -0.402. The third-order valence-electron chi connectivity index (χ3n) is 1.46. The van der Waals surface area contributed by atoms with Crippen LogP contribution in [-0.4, -0.2) is 11.7 Å². The van der Waals surface area contributed by atoms with Gasteiger partial charge in [0.25, 0.3) is 0 Å². The molecule has 11 heavy (non-hydrogen) atoms. The van der Waals surface area contributed by atoms with Gasteiger partial charge in [0.2, 0.25) is 0 Å². The molecule has 0 aliphatic rings. The van der Waals surface area contributed by atoms with Gasteiger partial charge in [-0.15, -0.1) is 0 Å². The summed E-state index contributed by atoms with van der Waals surface area (Å²) in [5.74, 6) is 0. The molecule has 1 atom stereocenters. The van der Waals surface area contributed by atoms with Gasteiger partial charge in [0, 0.05) is 0 Å². The second-order valence-electron chi connectivity index (χ2n) is 2.22. The highest BCUT2D eigenvalue weighted by atomic mass is 35.5. The van der Waals surface area contributed by atoms with E-state index in [9.17, 15) is 5.11 Å². The Morgan fingerprint density at radius 2 is 1.82 bits per heavy atom. The molecule has 0 saturated carbocycles. The van der Waals surface area contributed by atoms with E-state index in [1.54, 1.807) is 0 Å². The van der Waals surface area contributed by atoms with E-state index in [-0.39, 0.29) is 12.4 Å². The summed E-state index contributed by atoms with van der Waals surface area (Å²) in [5.41, 5.74) is 4.55. The van der Waals surface area contributed by atoms with Gasteiger partial charge >= 0.3 is 0 Å². The zero-order valence-electron chi connectivity index (χ0n) is 6.20. The van der Waals surface area contributed by atoms with Crippen LogP contribution in [0.3, 0.4) is 0 Å². The first-order chi connectivity index (χ1) is 4.84. The van der Waals surface area contributed by atoms with Crippen molar-refractivity contribution >= 4 is 0 Å². The molecule has 1 unspecified atom stereocenters. The predicted octanol–water partition coefficient (Wildman–Crippen LogP) is -3.03. The molecule has 0 amide bonds. The standard InChI is InChI=1S/C8H11NO.ClH/c9-6-8(10)7-4-2-1-3-5-7;/h1-5,8,10H,6,9H2;1H. The van der Waals surface area contributed by atoms with Crippen LogP contribution in [0.1, 0.15) is 11.7 Å². The van der Waals surface area contributed by atoms with Gasteiger partial charge in [-0.2, -0.15) is 0 Å². The molecule has 1 aromatic carbocycles. The van der Waals surface area contributed by atoms with Gasteiger partial charge in [0.15, 0.2) is 0 Å². The van der Waals surface area contributed by atoms with Gasteiger partial charge in [-0.25, -0.2) is 0 Å². The molecule has 0 aliphatic heterocycles. The van der Waals surface area contributed by atoms with Gasteiger partial charge < -0.3 is 23.2 Å². The van der Waals surface area contributed by atoms with Gasteiger partial charge in [-0.3, -0.25) is 0 Å². The van der Waals surface area contributed by atoms with Gasteiger partial charge in [-0.1, -0.05) is 30.3 Å². The molecule has 0 spiro atoms. The normalized spacial score (nSPS) is 11.8. The maximum absolute atomic E-state index is 9.27. The largest absolute Gasteiger partial charge is 1.00 e. The van der Waals surface area contributed by atoms with Crippen molar-refractivity contribution in [1.82, 2.24) is 0 Å². The van der Waals surface area contributed by atoms with Crippen LogP contribution in [-0.2, 0) is 0 Å². The first kappa shape index (κ1) is 10.4. The second-order valence-corrected chi connectivity index (χ2v) is 2.22. The Kier molecular flexibility index (Phi) is 4.86. The monoisotopic (exact) mass is 173 g/mol. The Balaban J connectivity index is 0.000001000. The molecule has 0 fully saturated rings. The van der Waals surface area contributed by atoms with Crippen LogP contribution in [0.5, 0.6) is 0 Å².